The van der Waals surface area contributed by atoms with Crippen LogP contribution in [-0.4, -0.2) is 15.3 Å². The first kappa shape index (κ1) is 19.2. The molecule has 0 aliphatic rings. The fraction of sp³-hybridized carbons (Fsp3) is 0.130. The minimum absolute atomic E-state index is 0.105. The predicted octanol–water partition coefficient (Wildman–Crippen LogP) is 5.67. The van der Waals surface area contributed by atoms with Gasteiger partial charge in [-0.3, -0.25) is 4.79 Å². The second kappa shape index (κ2) is 8.05. The summed E-state index contributed by atoms with van der Waals surface area (Å²) in [5.74, 6) is -0.401. The van der Waals surface area contributed by atoms with E-state index in [1.54, 1.807) is 24.3 Å². The number of nitrogens with zero attached hydrogens (tertiary/aromatic N) is 2. The minimum Gasteiger partial charge on any atom is -0.326 e. The molecule has 0 aliphatic carbocycles. The molecule has 0 bridgehead atoms. The number of carbonyl (C=O) groups excluding carboxylic acids is 1. The Hall–Kier alpha value is -3.18. The predicted molar refractivity (Wildman–Crippen MR) is 114 cm³/mol. The van der Waals surface area contributed by atoms with Gasteiger partial charge in [0.1, 0.15) is 11.5 Å². The first-order valence-corrected chi connectivity index (χ1v) is 9.67. The smallest absolute Gasteiger partial charge is 0.224 e. The molecular formula is C23H19ClFN3O. The third-order valence-corrected chi connectivity index (χ3v) is 5.04. The van der Waals surface area contributed by atoms with Gasteiger partial charge in [-0.2, -0.15) is 0 Å². The second-order valence-corrected chi connectivity index (χ2v) is 7.29. The molecule has 6 heteroatoms. The summed E-state index contributed by atoms with van der Waals surface area (Å²) in [5, 5.41) is 3.50. The molecule has 1 amide bonds. The first-order chi connectivity index (χ1) is 14.0. The van der Waals surface area contributed by atoms with E-state index in [1.165, 1.54) is 12.1 Å². The summed E-state index contributed by atoms with van der Waals surface area (Å²) in [6, 6.07) is 17.4. The van der Waals surface area contributed by atoms with Gasteiger partial charge in [-0.1, -0.05) is 23.7 Å². The molecule has 4 rings (SSSR count). The van der Waals surface area contributed by atoms with E-state index in [1.807, 2.05) is 41.8 Å². The number of hydrogen-bond donors (Lipinski definition) is 1. The van der Waals surface area contributed by atoms with Gasteiger partial charge in [-0.25, -0.2) is 9.37 Å². The Kier molecular flexibility index (Phi) is 5.32. The Morgan fingerprint density at radius 1 is 1.14 bits per heavy atom. The second-order valence-electron chi connectivity index (χ2n) is 6.85. The van der Waals surface area contributed by atoms with Crippen molar-refractivity contribution in [3.8, 4) is 11.3 Å². The van der Waals surface area contributed by atoms with E-state index in [-0.39, 0.29) is 18.1 Å². The number of aryl methyl sites for hydroxylation is 2. The lowest BCUT2D eigenvalue weighted by atomic mass is 10.1. The van der Waals surface area contributed by atoms with Crippen LogP contribution in [0.1, 0.15) is 17.7 Å². The van der Waals surface area contributed by atoms with Crippen LogP contribution in [0.4, 0.5) is 10.1 Å². The van der Waals surface area contributed by atoms with Crippen LogP contribution < -0.4 is 5.32 Å². The standard InChI is InChI=1S/C23H19ClFN3O/c1-15-5-8-17(24)14-19(15)26-22(29)12-11-20-23(16-6-9-18(25)10-7-16)27-21-4-2-3-13-28(20)21/h2-10,13-14H,11-12H2,1H3,(H,26,29). The van der Waals surface area contributed by atoms with E-state index < -0.39 is 0 Å². The zero-order valence-corrected chi connectivity index (χ0v) is 16.6. The van der Waals surface area contributed by atoms with Gasteiger partial charge in [0.05, 0.1) is 11.4 Å². The molecule has 2 aromatic heterocycles. The van der Waals surface area contributed by atoms with Gasteiger partial charge in [0.2, 0.25) is 5.91 Å². The van der Waals surface area contributed by atoms with Gasteiger partial charge in [0.15, 0.2) is 0 Å². The molecule has 0 saturated heterocycles. The van der Waals surface area contributed by atoms with Crippen molar-refractivity contribution in [2.45, 2.75) is 19.8 Å². The van der Waals surface area contributed by atoms with Crippen molar-refractivity contribution in [1.82, 2.24) is 9.38 Å². The molecule has 29 heavy (non-hydrogen) atoms. The molecule has 4 aromatic rings. The van der Waals surface area contributed by atoms with Crippen LogP contribution in [0.15, 0.2) is 66.9 Å². The molecule has 2 heterocycles. The summed E-state index contributed by atoms with van der Waals surface area (Å²) < 4.78 is 15.3. The number of amides is 1. The van der Waals surface area contributed by atoms with Crippen molar-refractivity contribution in [2.75, 3.05) is 5.32 Å². The van der Waals surface area contributed by atoms with E-state index in [0.717, 1.165) is 28.2 Å². The average Bonchev–Trinajstić information content (AvgIpc) is 3.08. The van der Waals surface area contributed by atoms with E-state index in [2.05, 4.69) is 5.32 Å². The first-order valence-electron chi connectivity index (χ1n) is 9.29. The topological polar surface area (TPSA) is 46.4 Å². The van der Waals surface area contributed by atoms with Crippen LogP contribution in [0.3, 0.4) is 0 Å². The lowest BCUT2D eigenvalue weighted by molar-refractivity contribution is -0.116. The SMILES string of the molecule is Cc1ccc(Cl)cc1NC(=O)CCc1c(-c2ccc(F)cc2)nc2ccccn12. The maximum Gasteiger partial charge on any atom is 0.224 e. The number of anilines is 1. The number of hydrogen-bond acceptors (Lipinski definition) is 2. The number of aromatic nitrogens is 2. The Balaban J connectivity index is 1.60. The fourth-order valence-corrected chi connectivity index (χ4v) is 3.47. The molecule has 146 valence electrons. The molecule has 0 atom stereocenters. The van der Waals surface area contributed by atoms with Crippen LogP contribution in [0.25, 0.3) is 16.9 Å². The highest BCUT2D eigenvalue weighted by Crippen LogP contribution is 2.26. The third-order valence-electron chi connectivity index (χ3n) is 4.81. The number of benzene rings is 2. The lowest BCUT2D eigenvalue weighted by Crippen LogP contribution is -2.14. The molecule has 0 saturated carbocycles. The Labute approximate surface area is 173 Å². The highest BCUT2D eigenvalue weighted by Gasteiger charge is 2.16. The van der Waals surface area contributed by atoms with Crippen LogP contribution >= 0.6 is 11.6 Å². The van der Waals surface area contributed by atoms with Gasteiger partial charge in [-0.05, 0) is 67.4 Å². The van der Waals surface area contributed by atoms with E-state index in [0.29, 0.717) is 17.1 Å². The molecule has 0 aliphatic heterocycles. The Morgan fingerprint density at radius 2 is 1.93 bits per heavy atom. The molecule has 0 spiro atoms. The number of halogens is 2. The zero-order valence-electron chi connectivity index (χ0n) is 15.8. The van der Waals surface area contributed by atoms with Crippen molar-refractivity contribution in [3.63, 3.8) is 0 Å². The highest BCUT2D eigenvalue weighted by atomic mass is 35.5. The quantitative estimate of drug-likeness (QED) is 0.463. The number of nitrogens with one attached hydrogen (secondary N) is 1. The van der Waals surface area contributed by atoms with E-state index >= 15 is 0 Å². The minimum atomic E-state index is -0.296. The number of rotatable bonds is 5. The maximum atomic E-state index is 13.3. The van der Waals surface area contributed by atoms with Crippen molar-refractivity contribution >= 4 is 28.8 Å². The van der Waals surface area contributed by atoms with Crippen LogP contribution in [0.5, 0.6) is 0 Å². The van der Waals surface area contributed by atoms with Crippen molar-refractivity contribution in [1.29, 1.82) is 0 Å². The zero-order chi connectivity index (χ0) is 20.4. The molecule has 0 fully saturated rings. The summed E-state index contributed by atoms with van der Waals surface area (Å²) in [4.78, 5) is 17.3. The highest BCUT2D eigenvalue weighted by molar-refractivity contribution is 6.31. The number of fused-ring (bicyclic) bond motifs is 1. The van der Waals surface area contributed by atoms with Gasteiger partial charge < -0.3 is 9.72 Å². The fourth-order valence-electron chi connectivity index (χ4n) is 3.30. The Morgan fingerprint density at radius 3 is 2.72 bits per heavy atom. The van der Waals surface area contributed by atoms with E-state index in [4.69, 9.17) is 16.6 Å². The Bertz CT molecular complexity index is 1180. The monoisotopic (exact) mass is 407 g/mol. The largest absolute Gasteiger partial charge is 0.326 e. The van der Waals surface area contributed by atoms with Crippen LogP contribution in [0, 0.1) is 12.7 Å². The van der Waals surface area contributed by atoms with E-state index in [9.17, 15) is 9.18 Å². The molecule has 4 nitrogen and oxygen atoms in total. The van der Waals surface area contributed by atoms with Gasteiger partial charge in [0.25, 0.3) is 0 Å². The normalized spacial score (nSPS) is 11.0. The van der Waals surface area contributed by atoms with Crippen molar-refractivity contribution in [2.24, 2.45) is 0 Å². The van der Waals surface area contributed by atoms with Gasteiger partial charge >= 0.3 is 0 Å². The third kappa shape index (κ3) is 4.15. The van der Waals surface area contributed by atoms with Gasteiger partial charge in [-0.15, -0.1) is 0 Å². The summed E-state index contributed by atoms with van der Waals surface area (Å²) in [5.41, 5.74) is 4.92. The number of carbonyl (C=O) groups is 1. The van der Waals surface area contributed by atoms with Crippen LogP contribution in [0.2, 0.25) is 5.02 Å². The number of imidazole rings is 1. The maximum absolute atomic E-state index is 13.3. The summed E-state index contributed by atoms with van der Waals surface area (Å²) in [6.07, 6.45) is 2.69. The summed E-state index contributed by atoms with van der Waals surface area (Å²) in [7, 11) is 0. The lowest BCUT2D eigenvalue weighted by Gasteiger charge is -2.10. The summed E-state index contributed by atoms with van der Waals surface area (Å²) in [6.45, 7) is 1.92. The average molecular weight is 408 g/mol. The number of pyridine rings is 1. The van der Waals surface area contributed by atoms with Crippen molar-refractivity contribution in [3.05, 3.63) is 89.0 Å². The molecule has 0 unspecified atom stereocenters. The molecular weight excluding hydrogens is 389 g/mol. The van der Waals surface area contributed by atoms with Crippen molar-refractivity contribution < 1.29 is 9.18 Å². The molecule has 0 radical (unpaired) electrons. The molecule has 1 N–H and O–H groups in total. The van der Waals surface area contributed by atoms with Crippen LogP contribution in [-0.2, 0) is 11.2 Å². The van der Waals surface area contributed by atoms with Gasteiger partial charge in [0, 0.05) is 28.9 Å². The summed E-state index contributed by atoms with van der Waals surface area (Å²) >= 11 is 6.03. The molecule has 2 aromatic carbocycles.